The molecule has 0 fully saturated rings. The van der Waals surface area contributed by atoms with Gasteiger partial charge in [-0.1, -0.05) is 32.8 Å². The zero-order chi connectivity index (χ0) is 11.7. The average molecular weight is 212 g/mol. The van der Waals surface area contributed by atoms with Gasteiger partial charge in [-0.2, -0.15) is 0 Å². The van der Waals surface area contributed by atoms with Gasteiger partial charge in [0.15, 0.2) is 5.60 Å². The third kappa shape index (κ3) is 6.10. The maximum atomic E-state index is 11.3. The van der Waals surface area contributed by atoms with Gasteiger partial charge in [0.05, 0.1) is 6.61 Å². The third-order valence-electron chi connectivity index (χ3n) is 2.03. The highest BCUT2D eigenvalue weighted by Crippen LogP contribution is 2.08. The quantitative estimate of drug-likeness (QED) is 0.400. The Labute approximate surface area is 91.4 Å². The number of hydrogen-bond donors (Lipinski definition) is 1. The zero-order valence-corrected chi connectivity index (χ0v) is 9.58. The van der Waals surface area contributed by atoms with Crippen LogP contribution in [0.3, 0.4) is 0 Å². The monoisotopic (exact) mass is 212 g/mol. The number of esters is 1. The molecule has 0 spiro atoms. The third-order valence-corrected chi connectivity index (χ3v) is 2.03. The van der Waals surface area contributed by atoms with Crippen LogP contribution >= 0.6 is 0 Å². The molecule has 0 saturated carbocycles. The van der Waals surface area contributed by atoms with Crippen molar-refractivity contribution in [3.63, 3.8) is 0 Å². The molecule has 0 aliphatic carbocycles. The number of hydrogen-bond acceptors (Lipinski definition) is 3. The number of ether oxygens (including phenoxy) is 1. The van der Waals surface area contributed by atoms with Crippen molar-refractivity contribution in [2.24, 2.45) is 0 Å². The highest BCUT2D eigenvalue weighted by atomic mass is 16.5. The second kappa shape index (κ2) is 7.27. The highest BCUT2D eigenvalue weighted by Gasteiger charge is 2.28. The van der Waals surface area contributed by atoms with Gasteiger partial charge in [-0.25, -0.2) is 4.79 Å². The van der Waals surface area contributed by atoms with Crippen molar-refractivity contribution in [3.8, 4) is 0 Å². The molecule has 0 aromatic heterocycles. The normalized spacial score (nSPS) is 13.8. The first kappa shape index (κ1) is 13.9. The zero-order valence-electron chi connectivity index (χ0n) is 9.58. The van der Waals surface area contributed by atoms with E-state index in [1.54, 1.807) is 0 Å². The number of carbonyl (C=O) groups excluding carboxylic acids is 1. The van der Waals surface area contributed by atoms with Gasteiger partial charge in [0.25, 0.3) is 0 Å². The molecule has 0 amide bonds. The summed E-state index contributed by atoms with van der Waals surface area (Å²) in [6.45, 7) is 7.14. The van der Waals surface area contributed by atoms with Crippen molar-refractivity contribution in [3.05, 3.63) is 18.4 Å². The van der Waals surface area contributed by atoms with Crippen molar-refractivity contribution in [2.75, 3.05) is 6.61 Å². The lowest BCUT2D eigenvalue weighted by molar-refractivity contribution is -0.159. The summed E-state index contributed by atoms with van der Waals surface area (Å²) in [6, 6.07) is 0. The number of rotatable bonds is 7. The Bertz CT molecular complexity index is 237. The molecule has 0 aliphatic rings. The van der Waals surface area contributed by atoms with Crippen LogP contribution in [0.4, 0.5) is 0 Å². The molecular weight excluding hydrogens is 192 g/mol. The molecule has 3 nitrogen and oxygen atoms in total. The molecule has 0 radical (unpaired) electrons. The van der Waals surface area contributed by atoms with Crippen LogP contribution in [0.2, 0.25) is 0 Å². The van der Waals surface area contributed by atoms with Gasteiger partial charge in [0.2, 0.25) is 0 Å². The minimum atomic E-state index is -1.60. The van der Waals surface area contributed by atoms with Crippen molar-refractivity contribution in [1.29, 1.82) is 0 Å². The van der Waals surface area contributed by atoms with Gasteiger partial charge < -0.3 is 9.84 Å². The summed E-state index contributed by atoms with van der Waals surface area (Å²) in [7, 11) is 0. The van der Waals surface area contributed by atoms with E-state index in [9.17, 15) is 9.90 Å². The van der Waals surface area contributed by atoms with E-state index in [0.717, 1.165) is 25.7 Å². The van der Waals surface area contributed by atoms with E-state index >= 15 is 0 Å². The summed E-state index contributed by atoms with van der Waals surface area (Å²) in [5, 5.41) is 9.55. The summed E-state index contributed by atoms with van der Waals surface area (Å²) in [6.07, 6.45) is 5.36. The lowest BCUT2D eigenvalue weighted by atomic mass is 10.1. The number of aliphatic hydroxyl groups is 1. The fourth-order valence-corrected chi connectivity index (χ4v) is 1.10. The summed E-state index contributed by atoms with van der Waals surface area (Å²) < 4.78 is 4.92. The van der Waals surface area contributed by atoms with Crippen LogP contribution in [0.25, 0.3) is 0 Å². The summed E-state index contributed by atoms with van der Waals surface area (Å²) in [5.74, 6) is -0.643. The van der Waals surface area contributed by atoms with E-state index in [1.165, 1.54) is 13.0 Å². The Morgan fingerprint density at radius 2 is 2.20 bits per heavy atom. The Morgan fingerprint density at radius 1 is 1.53 bits per heavy atom. The van der Waals surface area contributed by atoms with Crippen molar-refractivity contribution >= 4 is 5.97 Å². The van der Waals surface area contributed by atoms with Crippen LogP contribution in [0.15, 0.2) is 18.4 Å². The predicted molar refractivity (Wildman–Crippen MR) is 59.4 cm³/mol. The van der Waals surface area contributed by atoms with E-state index in [4.69, 9.17) is 4.74 Å². The summed E-state index contributed by atoms with van der Waals surface area (Å²) in [5.41, 5.74) is 0.769. The highest BCUT2D eigenvalue weighted by molar-refractivity contribution is 5.81. The Hall–Kier alpha value is -1.05. The largest absolute Gasteiger partial charge is 0.463 e. The lowest BCUT2D eigenvalue weighted by Gasteiger charge is -2.16. The van der Waals surface area contributed by atoms with Gasteiger partial charge in [0.1, 0.15) is 0 Å². The van der Waals surface area contributed by atoms with Gasteiger partial charge in [-0.3, -0.25) is 0 Å². The minimum absolute atomic E-state index is 0.361. The average Bonchev–Trinajstić information content (AvgIpc) is 2.17. The molecule has 0 bridgehead atoms. The number of unbranched alkanes of at least 4 members (excludes halogenated alkanes) is 3. The minimum Gasteiger partial charge on any atom is -0.463 e. The van der Waals surface area contributed by atoms with E-state index in [0.29, 0.717) is 6.61 Å². The Balaban J connectivity index is 3.78. The van der Waals surface area contributed by atoms with Crippen LogP contribution < -0.4 is 0 Å². The summed E-state index contributed by atoms with van der Waals surface area (Å²) in [4.78, 5) is 11.3. The number of carbonyl (C=O) groups is 1. The second-order valence-corrected chi connectivity index (χ2v) is 3.69. The molecule has 1 N–H and O–H groups in total. The molecular formula is C12H20O3. The van der Waals surface area contributed by atoms with Crippen LogP contribution in [-0.4, -0.2) is 23.3 Å². The van der Waals surface area contributed by atoms with Crippen LogP contribution in [0.1, 0.15) is 39.5 Å². The first-order chi connectivity index (χ1) is 7.04. The van der Waals surface area contributed by atoms with Crippen molar-refractivity contribution in [2.45, 2.75) is 45.1 Å². The standard InChI is InChI=1S/C12H20O3/c1-4-6-7-8-10-15-11(13)12(3,14)9-5-2/h9,14H,2,4,6-8,10H2,1,3H3. The van der Waals surface area contributed by atoms with E-state index in [2.05, 4.69) is 19.2 Å². The lowest BCUT2D eigenvalue weighted by Crippen LogP contribution is -2.34. The smallest absolute Gasteiger partial charge is 0.342 e. The maximum Gasteiger partial charge on any atom is 0.342 e. The fourth-order valence-electron chi connectivity index (χ4n) is 1.10. The van der Waals surface area contributed by atoms with E-state index in [-0.39, 0.29) is 0 Å². The SMILES string of the molecule is C=C=CC(C)(O)C(=O)OCCCCCC. The van der Waals surface area contributed by atoms with Crippen molar-refractivity contribution in [1.82, 2.24) is 0 Å². The van der Waals surface area contributed by atoms with E-state index in [1.807, 2.05) is 0 Å². The van der Waals surface area contributed by atoms with Gasteiger partial charge >= 0.3 is 5.97 Å². The molecule has 1 unspecified atom stereocenters. The summed E-state index contributed by atoms with van der Waals surface area (Å²) >= 11 is 0. The molecule has 3 heteroatoms. The molecule has 15 heavy (non-hydrogen) atoms. The Kier molecular flexibility index (Phi) is 6.76. The molecule has 0 aromatic carbocycles. The topological polar surface area (TPSA) is 46.5 Å². The van der Waals surface area contributed by atoms with Gasteiger partial charge in [-0.15, -0.1) is 5.73 Å². The molecule has 0 aromatic rings. The predicted octanol–water partition coefficient (Wildman–Crippen LogP) is 2.20. The second-order valence-electron chi connectivity index (χ2n) is 3.69. The molecule has 0 saturated heterocycles. The van der Waals surface area contributed by atoms with Gasteiger partial charge in [-0.05, 0) is 19.4 Å². The van der Waals surface area contributed by atoms with Crippen molar-refractivity contribution < 1.29 is 14.6 Å². The molecule has 0 rings (SSSR count). The van der Waals surface area contributed by atoms with Gasteiger partial charge in [0, 0.05) is 0 Å². The first-order valence-electron chi connectivity index (χ1n) is 5.31. The van der Waals surface area contributed by atoms with Crippen LogP contribution in [-0.2, 0) is 9.53 Å². The molecule has 1 atom stereocenters. The molecule has 0 heterocycles. The van der Waals surface area contributed by atoms with Crippen LogP contribution in [0, 0.1) is 0 Å². The fraction of sp³-hybridized carbons (Fsp3) is 0.667. The molecule has 86 valence electrons. The maximum absolute atomic E-state index is 11.3. The van der Waals surface area contributed by atoms with Crippen LogP contribution in [0.5, 0.6) is 0 Å². The Morgan fingerprint density at radius 3 is 2.73 bits per heavy atom. The first-order valence-corrected chi connectivity index (χ1v) is 5.31. The molecule has 0 aliphatic heterocycles. The van der Waals surface area contributed by atoms with E-state index < -0.39 is 11.6 Å².